The Hall–Kier alpha value is -2.40. The number of hydrogen-bond donors (Lipinski definition) is 1. The predicted molar refractivity (Wildman–Crippen MR) is 81.7 cm³/mol. The molecule has 0 bridgehead atoms. The van der Waals surface area contributed by atoms with Crippen molar-refractivity contribution in [3.63, 3.8) is 0 Å². The Balaban J connectivity index is 1.65. The zero-order valence-corrected chi connectivity index (χ0v) is 11.7. The first-order valence-electron chi connectivity index (χ1n) is 6.98. The van der Waals surface area contributed by atoms with Gasteiger partial charge in [0.15, 0.2) is 0 Å². The summed E-state index contributed by atoms with van der Waals surface area (Å²) in [5.41, 5.74) is 2.33. The van der Waals surface area contributed by atoms with Gasteiger partial charge in [-0.15, -0.1) is 0 Å². The number of carbonyl (C=O) groups excluding carboxylic acids is 1. The monoisotopic (exact) mass is 283 g/mol. The molecule has 1 aliphatic heterocycles. The number of benzene rings is 1. The number of pyridine rings is 1. The number of nitrogens with one attached hydrogen (secondary N) is 1. The van der Waals surface area contributed by atoms with Crippen molar-refractivity contribution in [1.29, 1.82) is 0 Å². The smallest absolute Gasteiger partial charge is 0.274 e. The van der Waals surface area contributed by atoms with E-state index >= 15 is 0 Å². The number of anilines is 2. The Kier molecular flexibility index (Phi) is 4.12. The number of hydrogen-bond acceptors (Lipinski definition) is 4. The summed E-state index contributed by atoms with van der Waals surface area (Å²) in [7, 11) is 0. The molecule has 108 valence electrons. The molecule has 0 atom stereocenters. The highest BCUT2D eigenvalue weighted by Crippen LogP contribution is 2.19. The van der Waals surface area contributed by atoms with Gasteiger partial charge in [-0.2, -0.15) is 0 Å². The molecule has 1 amide bonds. The van der Waals surface area contributed by atoms with Crippen LogP contribution in [0, 0.1) is 0 Å². The van der Waals surface area contributed by atoms with E-state index in [1.807, 2.05) is 24.3 Å². The van der Waals surface area contributed by atoms with Crippen LogP contribution in [0.1, 0.15) is 10.5 Å². The quantitative estimate of drug-likeness (QED) is 0.938. The Morgan fingerprint density at radius 1 is 1.10 bits per heavy atom. The van der Waals surface area contributed by atoms with Crippen LogP contribution in [-0.4, -0.2) is 37.2 Å². The van der Waals surface area contributed by atoms with Gasteiger partial charge in [-0.1, -0.05) is 6.07 Å². The molecule has 1 aromatic heterocycles. The summed E-state index contributed by atoms with van der Waals surface area (Å²) in [4.78, 5) is 18.3. The minimum atomic E-state index is -0.199. The molecule has 1 saturated heterocycles. The van der Waals surface area contributed by atoms with Gasteiger partial charge in [-0.05, 0) is 36.4 Å². The number of morpholine rings is 1. The highest BCUT2D eigenvalue weighted by molar-refractivity contribution is 6.02. The third kappa shape index (κ3) is 3.38. The standard InChI is InChI=1S/C16H17N3O2/c20-16(15-3-1-2-8-17-15)18-13-4-6-14(7-5-13)19-9-11-21-12-10-19/h1-8H,9-12H2,(H,18,20). The van der Waals surface area contributed by atoms with Gasteiger partial charge in [-0.25, -0.2) is 0 Å². The van der Waals surface area contributed by atoms with Crippen molar-refractivity contribution in [3.05, 3.63) is 54.4 Å². The van der Waals surface area contributed by atoms with Crippen LogP contribution in [0.25, 0.3) is 0 Å². The van der Waals surface area contributed by atoms with E-state index in [-0.39, 0.29) is 5.91 Å². The van der Waals surface area contributed by atoms with Crippen LogP contribution in [0.4, 0.5) is 11.4 Å². The number of carbonyl (C=O) groups is 1. The summed E-state index contributed by atoms with van der Waals surface area (Å²) in [6, 6.07) is 13.1. The maximum Gasteiger partial charge on any atom is 0.274 e. The molecule has 2 heterocycles. The Labute approximate surface area is 123 Å². The maximum atomic E-state index is 12.0. The third-order valence-corrected chi connectivity index (χ3v) is 3.40. The minimum absolute atomic E-state index is 0.199. The lowest BCUT2D eigenvalue weighted by atomic mass is 10.2. The molecule has 0 unspecified atom stereocenters. The molecule has 2 aromatic rings. The highest BCUT2D eigenvalue weighted by Gasteiger charge is 2.11. The second kappa shape index (κ2) is 6.37. The lowest BCUT2D eigenvalue weighted by molar-refractivity contribution is 0.102. The van der Waals surface area contributed by atoms with E-state index < -0.39 is 0 Å². The normalized spacial score (nSPS) is 14.8. The number of ether oxygens (including phenoxy) is 1. The van der Waals surface area contributed by atoms with E-state index in [1.165, 1.54) is 0 Å². The van der Waals surface area contributed by atoms with Crippen LogP contribution in [0.15, 0.2) is 48.7 Å². The van der Waals surface area contributed by atoms with Crippen LogP contribution in [0.2, 0.25) is 0 Å². The summed E-state index contributed by atoms with van der Waals surface area (Å²) in [6.45, 7) is 3.33. The van der Waals surface area contributed by atoms with Crippen LogP contribution >= 0.6 is 0 Å². The summed E-state index contributed by atoms with van der Waals surface area (Å²) >= 11 is 0. The average Bonchev–Trinajstić information content (AvgIpc) is 2.57. The van der Waals surface area contributed by atoms with Gasteiger partial charge in [0, 0.05) is 30.7 Å². The van der Waals surface area contributed by atoms with Crippen molar-refractivity contribution in [3.8, 4) is 0 Å². The Morgan fingerprint density at radius 2 is 1.86 bits per heavy atom. The molecule has 3 rings (SSSR count). The van der Waals surface area contributed by atoms with Gasteiger partial charge >= 0.3 is 0 Å². The first-order chi connectivity index (χ1) is 10.3. The molecule has 0 aliphatic carbocycles. The van der Waals surface area contributed by atoms with Gasteiger partial charge in [0.1, 0.15) is 5.69 Å². The maximum absolute atomic E-state index is 12.0. The molecular weight excluding hydrogens is 266 g/mol. The SMILES string of the molecule is O=C(Nc1ccc(N2CCOCC2)cc1)c1ccccn1. The number of rotatable bonds is 3. The van der Waals surface area contributed by atoms with Crippen molar-refractivity contribution < 1.29 is 9.53 Å². The van der Waals surface area contributed by atoms with Crippen molar-refractivity contribution in [2.45, 2.75) is 0 Å². The molecule has 5 heteroatoms. The van der Waals surface area contributed by atoms with Crippen LogP contribution in [0.3, 0.4) is 0 Å². The molecular formula is C16H17N3O2. The summed E-state index contributed by atoms with van der Waals surface area (Å²) in [6.07, 6.45) is 1.61. The van der Waals surface area contributed by atoms with Gasteiger partial charge in [0.05, 0.1) is 13.2 Å². The fraction of sp³-hybridized carbons (Fsp3) is 0.250. The molecule has 21 heavy (non-hydrogen) atoms. The molecule has 1 aliphatic rings. The first-order valence-corrected chi connectivity index (χ1v) is 6.98. The van der Waals surface area contributed by atoms with Crippen molar-refractivity contribution in [1.82, 2.24) is 4.98 Å². The molecule has 0 spiro atoms. The highest BCUT2D eigenvalue weighted by atomic mass is 16.5. The first kappa shape index (κ1) is 13.6. The zero-order valence-electron chi connectivity index (χ0n) is 11.7. The van der Waals surface area contributed by atoms with E-state index in [0.717, 1.165) is 37.7 Å². The van der Waals surface area contributed by atoms with Gasteiger partial charge < -0.3 is 15.0 Å². The largest absolute Gasteiger partial charge is 0.378 e. The van der Waals surface area contributed by atoms with Crippen LogP contribution in [-0.2, 0) is 4.74 Å². The van der Waals surface area contributed by atoms with Crippen molar-refractivity contribution >= 4 is 17.3 Å². The average molecular weight is 283 g/mol. The summed E-state index contributed by atoms with van der Waals surface area (Å²) < 4.78 is 5.34. The second-order valence-corrected chi connectivity index (χ2v) is 4.82. The van der Waals surface area contributed by atoms with E-state index in [9.17, 15) is 4.79 Å². The molecule has 0 saturated carbocycles. The lowest BCUT2D eigenvalue weighted by Crippen LogP contribution is -2.36. The summed E-state index contributed by atoms with van der Waals surface area (Å²) in [5.74, 6) is -0.199. The van der Waals surface area contributed by atoms with Crippen LogP contribution < -0.4 is 10.2 Å². The lowest BCUT2D eigenvalue weighted by Gasteiger charge is -2.28. The van der Waals surface area contributed by atoms with E-state index in [4.69, 9.17) is 4.74 Å². The Morgan fingerprint density at radius 3 is 2.52 bits per heavy atom. The molecule has 1 N–H and O–H groups in total. The van der Waals surface area contributed by atoms with E-state index in [0.29, 0.717) is 5.69 Å². The molecule has 1 aromatic carbocycles. The van der Waals surface area contributed by atoms with Gasteiger partial charge in [0.2, 0.25) is 0 Å². The summed E-state index contributed by atoms with van der Waals surface area (Å²) in [5, 5.41) is 2.84. The van der Waals surface area contributed by atoms with Crippen LogP contribution in [0.5, 0.6) is 0 Å². The number of amides is 1. The molecule has 5 nitrogen and oxygen atoms in total. The number of nitrogens with zero attached hydrogens (tertiary/aromatic N) is 2. The predicted octanol–water partition coefficient (Wildman–Crippen LogP) is 2.17. The van der Waals surface area contributed by atoms with E-state index in [2.05, 4.69) is 15.2 Å². The second-order valence-electron chi connectivity index (χ2n) is 4.82. The number of aromatic nitrogens is 1. The van der Waals surface area contributed by atoms with E-state index in [1.54, 1.807) is 24.4 Å². The van der Waals surface area contributed by atoms with Crippen molar-refractivity contribution in [2.75, 3.05) is 36.5 Å². The topological polar surface area (TPSA) is 54.5 Å². The van der Waals surface area contributed by atoms with Gasteiger partial charge in [-0.3, -0.25) is 9.78 Å². The van der Waals surface area contributed by atoms with Gasteiger partial charge in [0.25, 0.3) is 5.91 Å². The zero-order chi connectivity index (χ0) is 14.5. The fourth-order valence-corrected chi connectivity index (χ4v) is 2.27. The molecule has 1 fully saturated rings. The minimum Gasteiger partial charge on any atom is -0.378 e. The van der Waals surface area contributed by atoms with Crippen molar-refractivity contribution in [2.24, 2.45) is 0 Å². The third-order valence-electron chi connectivity index (χ3n) is 3.40. The Bertz CT molecular complexity index is 593. The fourth-order valence-electron chi connectivity index (χ4n) is 2.27. The molecule has 0 radical (unpaired) electrons.